The SMILES string of the molecule is C[C@@]1(N(Cc2ccccc2)Cc2ccccc2)CC[C@@]23C[C@]1(OO[C@@]2(C)CS(=O)(=O)c1ccccc1)OC(=O)C3=O. The Morgan fingerprint density at radius 3 is 1.85 bits per heavy atom. The number of hydrogen-bond acceptors (Lipinski definition) is 8. The fourth-order valence-corrected chi connectivity index (χ4v) is 8.56. The first-order valence-electron chi connectivity index (χ1n) is 13.8. The minimum Gasteiger partial charge on any atom is -0.422 e. The van der Waals surface area contributed by atoms with Crippen LogP contribution in [0.15, 0.2) is 95.9 Å². The molecule has 0 aromatic heterocycles. The number of Topliss-reactive ketones (excluding diaryl/α,β-unsaturated/α-hetero) is 1. The van der Waals surface area contributed by atoms with E-state index in [9.17, 15) is 18.0 Å². The van der Waals surface area contributed by atoms with Gasteiger partial charge in [-0.2, -0.15) is 4.89 Å². The van der Waals surface area contributed by atoms with Crippen LogP contribution in [0.1, 0.15) is 44.2 Å². The monoisotopic (exact) mass is 575 g/mol. The molecule has 2 heterocycles. The molecule has 3 aromatic carbocycles. The molecule has 3 aliphatic rings. The van der Waals surface area contributed by atoms with Gasteiger partial charge in [0.25, 0.3) is 5.79 Å². The van der Waals surface area contributed by atoms with Gasteiger partial charge in [0, 0.05) is 19.5 Å². The molecule has 4 atom stereocenters. The lowest BCUT2D eigenvalue weighted by molar-refractivity contribution is -0.531. The molecule has 6 rings (SSSR count). The molecule has 0 radical (unpaired) electrons. The van der Waals surface area contributed by atoms with Crippen LogP contribution in [0.2, 0.25) is 0 Å². The van der Waals surface area contributed by atoms with E-state index in [0.717, 1.165) is 11.1 Å². The van der Waals surface area contributed by atoms with E-state index in [-0.39, 0.29) is 17.7 Å². The third-order valence-electron chi connectivity index (χ3n) is 9.34. The van der Waals surface area contributed by atoms with E-state index in [1.165, 1.54) is 12.1 Å². The molecule has 3 aromatic rings. The molecule has 41 heavy (non-hydrogen) atoms. The van der Waals surface area contributed by atoms with Crippen LogP contribution in [0.25, 0.3) is 0 Å². The van der Waals surface area contributed by atoms with Gasteiger partial charge in [0.1, 0.15) is 5.60 Å². The first-order valence-corrected chi connectivity index (χ1v) is 15.4. The predicted molar refractivity (Wildman–Crippen MR) is 150 cm³/mol. The molecule has 0 amide bonds. The minimum absolute atomic E-state index is 0.00195. The zero-order chi connectivity index (χ0) is 28.9. The van der Waals surface area contributed by atoms with Crippen molar-refractivity contribution in [1.82, 2.24) is 4.90 Å². The second-order valence-electron chi connectivity index (χ2n) is 11.8. The highest BCUT2D eigenvalue weighted by molar-refractivity contribution is 7.91. The van der Waals surface area contributed by atoms with E-state index in [0.29, 0.717) is 19.5 Å². The van der Waals surface area contributed by atoms with Gasteiger partial charge >= 0.3 is 5.97 Å². The number of carbonyl (C=O) groups excluding carboxylic acids is 2. The van der Waals surface area contributed by atoms with Crippen LogP contribution < -0.4 is 0 Å². The summed E-state index contributed by atoms with van der Waals surface area (Å²) < 4.78 is 32.8. The molecule has 2 saturated heterocycles. The molecular weight excluding hydrogens is 542 g/mol. The summed E-state index contributed by atoms with van der Waals surface area (Å²) in [5, 5.41) is 0. The standard InChI is InChI=1S/C32H33NO7S/c1-29(33(20-24-12-6-3-7-13-24)21-25-14-8-4-9-15-25)18-19-31-22-32(29,38-28(35)27(31)34)40-39-30(31,2)23-41(36,37)26-16-10-5-11-17-26/h3-17H,18-23H2,1-2H3/t29-,30+,31+,32-/m1/s1. The second kappa shape index (κ2) is 9.87. The van der Waals surface area contributed by atoms with E-state index >= 15 is 0 Å². The fourth-order valence-electron chi connectivity index (χ4n) is 6.77. The van der Waals surface area contributed by atoms with Gasteiger partial charge in [-0.05, 0) is 49.9 Å². The molecule has 1 aliphatic carbocycles. The number of hydrogen-bond donors (Lipinski definition) is 0. The average Bonchev–Trinajstić information content (AvgIpc) is 2.97. The van der Waals surface area contributed by atoms with E-state index in [1.54, 1.807) is 25.1 Å². The van der Waals surface area contributed by atoms with E-state index in [4.69, 9.17) is 14.5 Å². The summed E-state index contributed by atoms with van der Waals surface area (Å²) in [6.07, 6.45) is 0.654. The van der Waals surface area contributed by atoms with Crippen molar-refractivity contribution in [2.75, 3.05) is 5.75 Å². The normalized spacial score (nSPS) is 31.1. The highest BCUT2D eigenvalue weighted by Crippen LogP contribution is 2.63. The minimum atomic E-state index is -3.89. The first-order chi connectivity index (χ1) is 19.5. The van der Waals surface area contributed by atoms with Gasteiger partial charge in [-0.15, -0.1) is 0 Å². The molecule has 2 aliphatic heterocycles. The first kappa shape index (κ1) is 27.8. The van der Waals surface area contributed by atoms with Crippen molar-refractivity contribution in [2.45, 2.75) is 68.0 Å². The van der Waals surface area contributed by atoms with Crippen LogP contribution in [0.4, 0.5) is 0 Å². The summed E-state index contributed by atoms with van der Waals surface area (Å²) in [5.74, 6) is -3.92. The zero-order valence-electron chi connectivity index (χ0n) is 23.1. The Morgan fingerprint density at radius 2 is 1.29 bits per heavy atom. The smallest absolute Gasteiger partial charge is 0.377 e. The molecule has 1 saturated carbocycles. The summed E-state index contributed by atoms with van der Waals surface area (Å²) in [6.45, 7) is 4.58. The summed E-state index contributed by atoms with van der Waals surface area (Å²) in [7, 11) is -3.89. The van der Waals surface area contributed by atoms with Gasteiger partial charge in [-0.1, -0.05) is 78.9 Å². The molecule has 0 N–H and O–H groups in total. The van der Waals surface area contributed by atoms with Gasteiger partial charge in [0.15, 0.2) is 9.84 Å². The van der Waals surface area contributed by atoms with Gasteiger partial charge < -0.3 is 4.74 Å². The molecule has 3 fully saturated rings. The Kier molecular flexibility index (Phi) is 6.69. The second-order valence-corrected chi connectivity index (χ2v) is 13.8. The van der Waals surface area contributed by atoms with Crippen LogP contribution >= 0.6 is 0 Å². The molecule has 0 spiro atoms. The highest BCUT2D eigenvalue weighted by Gasteiger charge is 2.78. The number of sulfone groups is 1. The fraction of sp³-hybridized carbons (Fsp3) is 0.375. The Bertz CT molecular complexity index is 1520. The maximum Gasteiger partial charge on any atom is 0.377 e. The number of benzene rings is 3. The lowest BCUT2D eigenvalue weighted by Crippen LogP contribution is -2.80. The largest absolute Gasteiger partial charge is 0.422 e. The summed E-state index contributed by atoms with van der Waals surface area (Å²) in [4.78, 5) is 41.3. The Hall–Kier alpha value is -3.37. The molecule has 214 valence electrons. The van der Waals surface area contributed by atoms with Crippen LogP contribution in [-0.2, 0) is 47.0 Å². The van der Waals surface area contributed by atoms with Crippen molar-refractivity contribution >= 4 is 21.6 Å². The number of ether oxygens (including phenoxy) is 1. The predicted octanol–water partition coefficient (Wildman–Crippen LogP) is 4.63. The number of ketones is 1. The maximum atomic E-state index is 13.6. The molecule has 0 unspecified atom stereocenters. The number of rotatable bonds is 8. The molecule has 9 heteroatoms. The van der Waals surface area contributed by atoms with Gasteiger partial charge in [-0.25, -0.2) is 18.1 Å². The van der Waals surface area contributed by atoms with Crippen molar-refractivity contribution in [3.05, 3.63) is 102 Å². The highest BCUT2D eigenvalue weighted by atomic mass is 32.2. The van der Waals surface area contributed by atoms with E-state index < -0.39 is 49.7 Å². The van der Waals surface area contributed by atoms with Crippen molar-refractivity contribution in [3.8, 4) is 0 Å². The molecular formula is C32H33NO7S. The van der Waals surface area contributed by atoms with Crippen molar-refractivity contribution in [3.63, 3.8) is 0 Å². The number of nitrogens with zero attached hydrogens (tertiary/aromatic N) is 1. The Labute approximate surface area is 240 Å². The summed E-state index contributed by atoms with van der Waals surface area (Å²) in [5.41, 5.74) is -1.81. The maximum absolute atomic E-state index is 13.6. The van der Waals surface area contributed by atoms with Crippen LogP contribution in [0.3, 0.4) is 0 Å². The molecule has 2 bridgehead atoms. The summed E-state index contributed by atoms with van der Waals surface area (Å²) >= 11 is 0. The average molecular weight is 576 g/mol. The van der Waals surface area contributed by atoms with Gasteiger partial charge in [0.2, 0.25) is 5.78 Å². The third-order valence-corrected chi connectivity index (χ3v) is 11.3. The Balaban J connectivity index is 1.40. The van der Waals surface area contributed by atoms with Crippen molar-refractivity contribution in [1.29, 1.82) is 0 Å². The Morgan fingerprint density at radius 1 is 0.756 bits per heavy atom. The van der Waals surface area contributed by atoms with Gasteiger partial charge in [-0.3, -0.25) is 9.69 Å². The number of esters is 1. The lowest BCUT2D eigenvalue weighted by atomic mass is 9.54. The van der Waals surface area contributed by atoms with E-state index in [2.05, 4.69) is 4.90 Å². The molecule has 8 nitrogen and oxygen atoms in total. The third kappa shape index (κ3) is 4.43. The van der Waals surface area contributed by atoms with Crippen LogP contribution in [0.5, 0.6) is 0 Å². The van der Waals surface area contributed by atoms with Crippen LogP contribution in [-0.4, -0.2) is 47.8 Å². The zero-order valence-corrected chi connectivity index (χ0v) is 23.9. The lowest BCUT2D eigenvalue weighted by Gasteiger charge is -2.66. The number of carbonyl (C=O) groups is 2. The van der Waals surface area contributed by atoms with E-state index in [1.807, 2.05) is 67.6 Å². The topological polar surface area (TPSA) is 99.2 Å². The quantitative estimate of drug-likeness (QED) is 0.218. The summed E-state index contributed by atoms with van der Waals surface area (Å²) in [6, 6.07) is 28.0. The van der Waals surface area contributed by atoms with Crippen molar-refractivity contribution in [2.24, 2.45) is 5.41 Å². The van der Waals surface area contributed by atoms with Crippen molar-refractivity contribution < 1.29 is 32.5 Å². The van der Waals surface area contributed by atoms with Crippen LogP contribution in [0, 0.1) is 5.41 Å². The van der Waals surface area contributed by atoms with Gasteiger partial charge in [0.05, 0.1) is 21.6 Å².